The molecule has 1 unspecified atom stereocenters. The zero-order valence-corrected chi connectivity index (χ0v) is 19.9. The molecular formula is C24H25N5O4S. The molecule has 0 bridgehead atoms. The first-order valence-electron chi connectivity index (χ1n) is 10.7. The molecule has 2 aromatic carbocycles. The second-order valence-electron chi connectivity index (χ2n) is 7.88. The first-order chi connectivity index (χ1) is 16.4. The summed E-state index contributed by atoms with van der Waals surface area (Å²) in [6.07, 6.45) is 2.16. The first-order valence-corrected chi connectivity index (χ1v) is 11.7. The Hall–Kier alpha value is -3.79. The highest BCUT2D eigenvalue weighted by Crippen LogP contribution is 2.33. The molecule has 2 heterocycles. The number of aromatic nitrogens is 2. The van der Waals surface area contributed by atoms with E-state index in [1.54, 1.807) is 27.2 Å². The highest BCUT2D eigenvalue weighted by molar-refractivity contribution is 7.99. The van der Waals surface area contributed by atoms with E-state index in [-0.39, 0.29) is 5.75 Å². The molecule has 1 saturated heterocycles. The van der Waals surface area contributed by atoms with Crippen LogP contribution in [0.4, 0.5) is 4.79 Å². The van der Waals surface area contributed by atoms with E-state index in [1.165, 1.54) is 11.8 Å². The summed E-state index contributed by atoms with van der Waals surface area (Å²) >= 11 is 1.19. The maximum absolute atomic E-state index is 12.6. The minimum atomic E-state index is -1.03. The number of nitrogens with one attached hydrogen (secondary N) is 2. The van der Waals surface area contributed by atoms with Crippen molar-refractivity contribution in [2.45, 2.75) is 31.0 Å². The zero-order valence-electron chi connectivity index (χ0n) is 19.1. The van der Waals surface area contributed by atoms with Crippen molar-refractivity contribution < 1.29 is 19.1 Å². The number of imide groups is 1. The number of nitrogens with zero attached hydrogens (tertiary/aromatic N) is 3. The second kappa shape index (κ2) is 9.60. The van der Waals surface area contributed by atoms with Gasteiger partial charge in [-0.3, -0.25) is 19.6 Å². The quantitative estimate of drug-likeness (QED) is 0.379. The number of imidazole rings is 1. The van der Waals surface area contributed by atoms with Crippen molar-refractivity contribution in [1.82, 2.24) is 25.3 Å². The summed E-state index contributed by atoms with van der Waals surface area (Å²) in [5.41, 5.74) is 3.95. The van der Waals surface area contributed by atoms with Gasteiger partial charge in [-0.05, 0) is 25.5 Å². The average molecular weight is 480 g/mol. The standard InChI is InChI=1S/C24H25N5O4S/c1-4-24(2)21(31)29(22(32)26-24)27-20(30)15-34-23-25-14-18(16-10-6-5-7-11-16)28(23)17-12-8-9-13-19(17)33-3/h5-14H,4,15H2,1-3H3,(H,26,32)(H,27,30). The number of hydrogen-bond donors (Lipinski definition) is 2. The number of rotatable bonds is 8. The van der Waals surface area contributed by atoms with Gasteiger partial charge in [0.25, 0.3) is 5.91 Å². The van der Waals surface area contributed by atoms with Gasteiger partial charge in [-0.25, -0.2) is 9.78 Å². The fourth-order valence-electron chi connectivity index (χ4n) is 3.61. The molecular weight excluding hydrogens is 454 g/mol. The molecule has 0 spiro atoms. The summed E-state index contributed by atoms with van der Waals surface area (Å²) in [7, 11) is 1.60. The van der Waals surface area contributed by atoms with Gasteiger partial charge in [0.2, 0.25) is 5.91 Å². The number of methoxy groups -OCH3 is 1. The van der Waals surface area contributed by atoms with Crippen LogP contribution < -0.4 is 15.5 Å². The fraction of sp³-hybridized carbons (Fsp3) is 0.250. The van der Waals surface area contributed by atoms with Gasteiger partial charge in [-0.1, -0.05) is 61.2 Å². The van der Waals surface area contributed by atoms with E-state index in [0.29, 0.717) is 17.3 Å². The first kappa shape index (κ1) is 23.4. The number of urea groups is 1. The molecule has 0 aliphatic carbocycles. The maximum atomic E-state index is 12.6. The number of ether oxygens (including phenoxy) is 1. The fourth-order valence-corrected chi connectivity index (χ4v) is 4.39. The van der Waals surface area contributed by atoms with Crippen LogP contribution in [-0.4, -0.2) is 50.8 Å². The summed E-state index contributed by atoms with van der Waals surface area (Å²) in [6.45, 7) is 3.42. The van der Waals surface area contributed by atoms with Crippen LogP contribution in [0.15, 0.2) is 66.0 Å². The van der Waals surface area contributed by atoms with Gasteiger partial charge in [-0.15, -0.1) is 0 Å². The van der Waals surface area contributed by atoms with E-state index >= 15 is 0 Å². The van der Waals surface area contributed by atoms with E-state index in [1.807, 2.05) is 59.2 Å². The Bertz CT molecular complexity index is 1230. The predicted octanol–water partition coefficient (Wildman–Crippen LogP) is 3.39. The number of benzene rings is 2. The van der Waals surface area contributed by atoms with Crippen LogP contribution in [0.3, 0.4) is 0 Å². The average Bonchev–Trinajstić information content (AvgIpc) is 3.37. The van der Waals surface area contributed by atoms with Crippen molar-refractivity contribution in [2.75, 3.05) is 12.9 Å². The second-order valence-corrected chi connectivity index (χ2v) is 8.82. The van der Waals surface area contributed by atoms with E-state index in [9.17, 15) is 14.4 Å². The molecule has 10 heteroatoms. The van der Waals surface area contributed by atoms with Crippen molar-refractivity contribution in [2.24, 2.45) is 0 Å². The Morgan fingerprint density at radius 3 is 2.53 bits per heavy atom. The van der Waals surface area contributed by atoms with Crippen LogP contribution in [-0.2, 0) is 9.59 Å². The monoisotopic (exact) mass is 479 g/mol. The SMILES string of the molecule is CCC1(C)NC(=O)N(NC(=O)CSc2ncc(-c3ccccc3)n2-c2ccccc2OC)C1=O. The highest BCUT2D eigenvalue weighted by Gasteiger charge is 2.47. The third kappa shape index (κ3) is 4.36. The topological polar surface area (TPSA) is 106 Å². The number of carbonyl (C=O) groups excluding carboxylic acids is 3. The van der Waals surface area contributed by atoms with Crippen molar-refractivity contribution in [3.8, 4) is 22.7 Å². The highest BCUT2D eigenvalue weighted by atomic mass is 32.2. The van der Waals surface area contributed by atoms with Gasteiger partial charge < -0.3 is 10.1 Å². The minimum absolute atomic E-state index is 0.0553. The van der Waals surface area contributed by atoms with Gasteiger partial charge in [0, 0.05) is 5.56 Å². The van der Waals surface area contributed by atoms with E-state index < -0.39 is 23.4 Å². The predicted molar refractivity (Wildman–Crippen MR) is 128 cm³/mol. The summed E-state index contributed by atoms with van der Waals surface area (Å²) in [6, 6.07) is 16.7. The molecule has 3 aromatic rings. The Morgan fingerprint density at radius 2 is 1.85 bits per heavy atom. The van der Waals surface area contributed by atoms with Crippen LogP contribution in [0.5, 0.6) is 5.75 Å². The van der Waals surface area contributed by atoms with Gasteiger partial charge in [0.1, 0.15) is 11.3 Å². The van der Waals surface area contributed by atoms with Crippen molar-refractivity contribution in [1.29, 1.82) is 0 Å². The number of para-hydroxylation sites is 2. The van der Waals surface area contributed by atoms with Crippen LogP contribution >= 0.6 is 11.8 Å². The number of hydrazine groups is 1. The number of hydrogen-bond acceptors (Lipinski definition) is 6. The minimum Gasteiger partial charge on any atom is -0.495 e. The van der Waals surface area contributed by atoms with Crippen LogP contribution in [0.2, 0.25) is 0 Å². The summed E-state index contributed by atoms with van der Waals surface area (Å²) in [4.78, 5) is 41.9. The summed E-state index contributed by atoms with van der Waals surface area (Å²) in [5, 5.41) is 3.92. The van der Waals surface area contributed by atoms with E-state index in [2.05, 4.69) is 15.7 Å². The lowest BCUT2D eigenvalue weighted by Gasteiger charge is -2.19. The van der Waals surface area contributed by atoms with Gasteiger partial charge in [-0.2, -0.15) is 5.01 Å². The van der Waals surface area contributed by atoms with Gasteiger partial charge in [0.15, 0.2) is 5.16 Å². The van der Waals surface area contributed by atoms with E-state index in [0.717, 1.165) is 22.0 Å². The molecule has 9 nitrogen and oxygen atoms in total. The Labute approximate surface area is 201 Å². The third-order valence-electron chi connectivity index (χ3n) is 5.66. The van der Waals surface area contributed by atoms with Gasteiger partial charge >= 0.3 is 6.03 Å². The largest absolute Gasteiger partial charge is 0.495 e. The summed E-state index contributed by atoms with van der Waals surface area (Å²) in [5.74, 6) is -0.382. The molecule has 4 amide bonds. The number of carbonyl (C=O) groups is 3. The Kier molecular flexibility index (Phi) is 6.60. The number of thioether (sulfide) groups is 1. The van der Waals surface area contributed by atoms with Gasteiger partial charge in [0.05, 0.1) is 30.4 Å². The Morgan fingerprint density at radius 1 is 1.15 bits per heavy atom. The number of amides is 4. The lowest BCUT2D eigenvalue weighted by Crippen LogP contribution is -2.49. The molecule has 0 radical (unpaired) electrons. The molecule has 1 aromatic heterocycles. The molecule has 176 valence electrons. The van der Waals surface area contributed by atoms with E-state index in [4.69, 9.17) is 4.74 Å². The molecule has 2 N–H and O–H groups in total. The molecule has 1 atom stereocenters. The molecule has 0 saturated carbocycles. The molecule has 1 aliphatic rings. The van der Waals surface area contributed by atoms with Crippen LogP contribution in [0.1, 0.15) is 20.3 Å². The lowest BCUT2D eigenvalue weighted by atomic mass is 10.00. The molecule has 34 heavy (non-hydrogen) atoms. The third-order valence-corrected chi connectivity index (χ3v) is 6.61. The summed E-state index contributed by atoms with van der Waals surface area (Å²) < 4.78 is 7.48. The van der Waals surface area contributed by atoms with Crippen LogP contribution in [0.25, 0.3) is 16.9 Å². The Balaban J connectivity index is 1.58. The zero-order chi connectivity index (χ0) is 24.3. The molecule has 1 fully saturated rings. The maximum Gasteiger partial charge on any atom is 0.344 e. The van der Waals surface area contributed by atoms with Crippen molar-refractivity contribution >= 4 is 29.6 Å². The normalized spacial score (nSPS) is 17.6. The molecule has 4 rings (SSSR count). The van der Waals surface area contributed by atoms with Crippen molar-refractivity contribution in [3.05, 3.63) is 60.8 Å². The lowest BCUT2D eigenvalue weighted by molar-refractivity contribution is -0.137. The molecule has 1 aliphatic heterocycles. The van der Waals surface area contributed by atoms with Crippen molar-refractivity contribution in [3.63, 3.8) is 0 Å². The van der Waals surface area contributed by atoms with Crippen LogP contribution in [0, 0.1) is 0 Å². The smallest absolute Gasteiger partial charge is 0.344 e.